The van der Waals surface area contributed by atoms with Gasteiger partial charge in [0.05, 0.1) is 0 Å². The highest BCUT2D eigenvalue weighted by molar-refractivity contribution is 5.69. The van der Waals surface area contributed by atoms with Crippen molar-refractivity contribution in [3.05, 3.63) is 12.2 Å². The van der Waals surface area contributed by atoms with E-state index in [1.807, 2.05) is 0 Å². The van der Waals surface area contributed by atoms with Gasteiger partial charge in [0.1, 0.15) is 6.10 Å². The van der Waals surface area contributed by atoms with Crippen molar-refractivity contribution in [2.24, 2.45) is 0 Å². The third-order valence-electron chi connectivity index (χ3n) is 8.99. The molecule has 0 saturated heterocycles. The molecule has 0 aromatic heterocycles. The minimum atomic E-state index is -0.674. The second-order valence-electron chi connectivity index (χ2n) is 13.5. The Labute approximate surface area is 275 Å². The van der Waals surface area contributed by atoms with E-state index in [1.165, 1.54) is 148 Å². The number of hydrogen-bond donors (Lipinski definition) is 1. The van der Waals surface area contributed by atoms with Crippen LogP contribution in [-0.4, -0.2) is 23.1 Å². The number of carboxylic acids is 1. The quantitative estimate of drug-likeness (QED) is 0.0430. The van der Waals surface area contributed by atoms with Crippen molar-refractivity contribution in [1.29, 1.82) is 0 Å². The van der Waals surface area contributed by atoms with Crippen LogP contribution in [0.2, 0.25) is 0 Å². The van der Waals surface area contributed by atoms with Gasteiger partial charge in [-0.3, -0.25) is 9.59 Å². The lowest BCUT2D eigenvalue weighted by molar-refractivity contribution is -0.150. The summed E-state index contributed by atoms with van der Waals surface area (Å²) < 4.78 is 5.98. The van der Waals surface area contributed by atoms with Crippen LogP contribution in [0.3, 0.4) is 0 Å². The zero-order valence-electron chi connectivity index (χ0n) is 29.7. The Kier molecular flexibility index (Phi) is 35.1. The van der Waals surface area contributed by atoms with Crippen LogP contribution in [0.25, 0.3) is 0 Å². The van der Waals surface area contributed by atoms with Gasteiger partial charge < -0.3 is 9.84 Å². The highest BCUT2D eigenvalue weighted by atomic mass is 16.5. The zero-order chi connectivity index (χ0) is 32.2. The third-order valence-corrected chi connectivity index (χ3v) is 8.99. The Hall–Kier alpha value is -1.32. The fraction of sp³-hybridized carbons (Fsp3) is 0.900. The van der Waals surface area contributed by atoms with Crippen molar-refractivity contribution in [2.75, 3.05) is 0 Å². The molecule has 0 rings (SSSR count). The average Bonchev–Trinajstić information content (AvgIpc) is 3.01. The first-order chi connectivity index (χ1) is 21.6. The Morgan fingerprint density at radius 3 is 1.25 bits per heavy atom. The molecule has 0 aliphatic carbocycles. The molecule has 0 spiro atoms. The van der Waals surface area contributed by atoms with Crippen molar-refractivity contribution in [1.82, 2.24) is 0 Å². The molecule has 0 aromatic rings. The van der Waals surface area contributed by atoms with Crippen LogP contribution in [-0.2, 0) is 14.3 Å². The van der Waals surface area contributed by atoms with Crippen molar-refractivity contribution in [2.45, 2.75) is 232 Å². The van der Waals surface area contributed by atoms with Gasteiger partial charge in [0, 0.05) is 12.8 Å². The van der Waals surface area contributed by atoms with E-state index in [0.717, 1.165) is 51.4 Å². The van der Waals surface area contributed by atoms with Gasteiger partial charge in [0.25, 0.3) is 0 Å². The molecule has 1 unspecified atom stereocenters. The van der Waals surface area contributed by atoms with E-state index in [0.29, 0.717) is 12.8 Å². The topological polar surface area (TPSA) is 63.6 Å². The zero-order valence-corrected chi connectivity index (χ0v) is 29.7. The predicted molar refractivity (Wildman–Crippen MR) is 190 cm³/mol. The Morgan fingerprint density at radius 2 is 0.818 bits per heavy atom. The first kappa shape index (κ1) is 42.7. The minimum absolute atomic E-state index is 0.0293. The van der Waals surface area contributed by atoms with Gasteiger partial charge in [0.2, 0.25) is 0 Å². The van der Waals surface area contributed by atoms with Crippen LogP contribution >= 0.6 is 0 Å². The van der Waals surface area contributed by atoms with Gasteiger partial charge >= 0.3 is 11.9 Å². The molecule has 0 amide bonds. The summed E-state index contributed by atoms with van der Waals surface area (Å²) in [6.45, 7) is 4.52. The monoisotopic (exact) mass is 621 g/mol. The predicted octanol–water partition coefficient (Wildman–Crippen LogP) is 13.5. The lowest BCUT2D eigenvalue weighted by Crippen LogP contribution is -2.18. The van der Waals surface area contributed by atoms with Crippen LogP contribution in [0, 0.1) is 0 Å². The molecule has 0 aliphatic rings. The van der Waals surface area contributed by atoms with E-state index >= 15 is 0 Å². The van der Waals surface area contributed by atoms with E-state index < -0.39 is 5.97 Å². The van der Waals surface area contributed by atoms with Gasteiger partial charge in [0.15, 0.2) is 0 Å². The number of ether oxygens (including phenoxy) is 1. The summed E-state index contributed by atoms with van der Waals surface area (Å²) in [5.41, 5.74) is 0. The maximum absolute atomic E-state index is 12.6. The van der Waals surface area contributed by atoms with E-state index in [9.17, 15) is 9.59 Å². The summed E-state index contributed by atoms with van der Waals surface area (Å²) in [6, 6.07) is 0. The van der Waals surface area contributed by atoms with Crippen molar-refractivity contribution in [3.63, 3.8) is 0 Å². The van der Waals surface area contributed by atoms with Crippen molar-refractivity contribution < 1.29 is 19.4 Å². The van der Waals surface area contributed by atoms with Crippen LogP contribution in [0.1, 0.15) is 226 Å². The lowest BCUT2D eigenvalue weighted by atomic mass is 10.0. The lowest BCUT2D eigenvalue weighted by Gasteiger charge is -2.18. The molecule has 1 atom stereocenters. The van der Waals surface area contributed by atoms with Crippen molar-refractivity contribution >= 4 is 11.9 Å². The maximum atomic E-state index is 12.6. The highest BCUT2D eigenvalue weighted by Gasteiger charge is 2.14. The maximum Gasteiger partial charge on any atom is 0.306 e. The molecule has 260 valence electrons. The number of hydrogen-bond acceptors (Lipinski definition) is 3. The number of aliphatic carboxylic acids is 1. The number of rotatable bonds is 36. The first-order valence-electron chi connectivity index (χ1n) is 19.7. The van der Waals surface area contributed by atoms with Gasteiger partial charge in [-0.25, -0.2) is 0 Å². The molecule has 0 aromatic carbocycles. The molecular formula is C40H76O4. The Bertz CT molecular complexity index is 629. The molecule has 0 bridgehead atoms. The molecule has 44 heavy (non-hydrogen) atoms. The fourth-order valence-corrected chi connectivity index (χ4v) is 6.06. The molecule has 4 heteroatoms. The van der Waals surface area contributed by atoms with Crippen LogP contribution < -0.4 is 0 Å². The minimum Gasteiger partial charge on any atom is -0.481 e. The SMILES string of the molecule is CCCCCCCC/C=C\CCCCCCCCCC(=O)OC(CCCCCC)CCCCCCCCCCCCC(=O)O. The molecular weight excluding hydrogens is 544 g/mol. The number of carboxylic acid groups (broad SMARTS) is 1. The third kappa shape index (κ3) is 35.2. The summed E-state index contributed by atoms with van der Waals surface area (Å²) in [7, 11) is 0. The smallest absolute Gasteiger partial charge is 0.306 e. The second-order valence-corrected chi connectivity index (χ2v) is 13.5. The number of allylic oxidation sites excluding steroid dienone is 2. The normalized spacial score (nSPS) is 12.2. The number of esters is 1. The summed E-state index contributed by atoms with van der Waals surface area (Å²) in [6.07, 6.45) is 44.0. The molecule has 1 N–H and O–H groups in total. The summed E-state index contributed by atoms with van der Waals surface area (Å²) >= 11 is 0. The Balaban J connectivity index is 3.78. The largest absolute Gasteiger partial charge is 0.481 e. The number of carbonyl (C=O) groups excluding carboxylic acids is 1. The number of unbranched alkanes of at least 4 members (excludes halogenated alkanes) is 25. The second kappa shape index (κ2) is 36.2. The molecule has 0 saturated carbocycles. The molecule has 0 heterocycles. The van der Waals surface area contributed by atoms with E-state index in [4.69, 9.17) is 9.84 Å². The molecule has 0 fully saturated rings. The van der Waals surface area contributed by atoms with Gasteiger partial charge in [-0.2, -0.15) is 0 Å². The van der Waals surface area contributed by atoms with Gasteiger partial charge in [-0.1, -0.05) is 161 Å². The summed E-state index contributed by atoms with van der Waals surface area (Å²) in [4.78, 5) is 23.1. The highest BCUT2D eigenvalue weighted by Crippen LogP contribution is 2.19. The fourth-order valence-electron chi connectivity index (χ4n) is 6.06. The number of carbonyl (C=O) groups is 2. The first-order valence-corrected chi connectivity index (χ1v) is 19.7. The summed E-state index contributed by atoms with van der Waals surface area (Å²) in [5.74, 6) is -0.645. The average molecular weight is 621 g/mol. The van der Waals surface area contributed by atoms with Gasteiger partial charge in [-0.15, -0.1) is 0 Å². The van der Waals surface area contributed by atoms with E-state index in [2.05, 4.69) is 26.0 Å². The molecule has 4 nitrogen and oxygen atoms in total. The van der Waals surface area contributed by atoms with E-state index in [-0.39, 0.29) is 12.1 Å². The summed E-state index contributed by atoms with van der Waals surface area (Å²) in [5, 5.41) is 8.69. The van der Waals surface area contributed by atoms with Crippen LogP contribution in [0.5, 0.6) is 0 Å². The Morgan fingerprint density at radius 1 is 0.477 bits per heavy atom. The molecule has 0 radical (unpaired) electrons. The van der Waals surface area contributed by atoms with Crippen molar-refractivity contribution in [3.8, 4) is 0 Å². The molecule has 0 aliphatic heterocycles. The van der Waals surface area contributed by atoms with E-state index in [1.54, 1.807) is 0 Å². The van der Waals surface area contributed by atoms with Crippen LogP contribution in [0.15, 0.2) is 12.2 Å². The van der Waals surface area contributed by atoms with Gasteiger partial charge in [-0.05, 0) is 64.2 Å². The van der Waals surface area contributed by atoms with Crippen LogP contribution in [0.4, 0.5) is 0 Å². The standard InChI is InChI=1S/C40H76O4/c1-3-5-7-9-10-11-12-13-14-15-16-17-18-23-26-29-33-37-40(43)44-38(34-30-8-6-4-2)35-31-27-24-21-19-20-22-25-28-32-36-39(41)42/h13-14,38H,3-12,15-37H2,1-2H3,(H,41,42)/b14-13-.